The predicted molar refractivity (Wildman–Crippen MR) is 89.4 cm³/mol. The average molecular weight is 357 g/mol. The minimum absolute atomic E-state index is 0.155. The number of carbonyl (C=O) groups is 1. The van der Waals surface area contributed by atoms with Crippen molar-refractivity contribution in [2.24, 2.45) is 5.41 Å². The number of carbonyl (C=O) groups excluding carboxylic acids is 1. The van der Waals surface area contributed by atoms with Crippen LogP contribution in [0.4, 0.5) is 0 Å². The van der Waals surface area contributed by atoms with Crippen molar-refractivity contribution >= 4 is 29.2 Å². The summed E-state index contributed by atoms with van der Waals surface area (Å²) in [5.74, 6) is 0.0179. The maximum atomic E-state index is 12.3. The number of halogens is 2. The summed E-state index contributed by atoms with van der Waals surface area (Å²) in [4.78, 5) is 12.3. The van der Waals surface area contributed by atoms with Crippen LogP contribution in [0.2, 0.25) is 5.02 Å². The summed E-state index contributed by atoms with van der Waals surface area (Å²) < 4.78 is 12.1. The first kappa shape index (κ1) is 17.8. The summed E-state index contributed by atoms with van der Waals surface area (Å²) in [6.07, 6.45) is 0. The lowest BCUT2D eigenvalue weighted by Crippen LogP contribution is -2.31. The van der Waals surface area contributed by atoms with Gasteiger partial charge in [0.25, 0.3) is 0 Å². The maximum Gasteiger partial charge on any atom is 0.319 e. The monoisotopic (exact) mass is 356 g/mol. The number of esters is 1. The van der Waals surface area contributed by atoms with Gasteiger partial charge in [0.2, 0.25) is 5.88 Å². The van der Waals surface area contributed by atoms with Gasteiger partial charge >= 0.3 is 5.97 Å². The van der Waals surface area contributed by atoms with Gasteiger partial charge in [-0.25, -0.2) is 4.68 Å². The number of benzene rings is 1. The maximum absolute atomic E-state index is 12.3. The van der Waals surface area contributed by atoms with E-state index >= 15 is 0 Å². The summed E-state index contributed by atoms with van der Waals surface area (Å²) in [6, 6.07) is 8.76. The van der Waals surface area contributed by atoms with E-state index in [1.54, 1.807) is 45.2 Å². The van der Waals surface area contributed by atoms with Crippen molar-refractivity contribution in [2.75, 3.05) is 13.0 Å². The summed E-state index contributed by atoms with van der Waals surface area (Å²) in [7, 11) is 1.57. The lowest BCUT2D eigenvalue weighted by Gasteiger charge is -2.19. The molecule has 0 saturated carbocycles. The van der Waals surface area contributed by atoms with Gasteiger partial charge in [-0.15, -0.1) is 11.6 Å². The van der Waals surface area contributed by atoms with Crippen LogP contribution >= 0.6 is 23.2 Å². The summed E-state index contributed by atoms with van der Waals surface area (Å²) in [5.41, 5.74) is 0.525. The molecule has 0 fully saturated rings. The third-order valence-electron chi connectivity index (χ3n) is 3.16. The van der Waals surface area contributed by atoms with Crippen LogP contribution in [-0.2, 0) is 16.1 Å². The molecule has 0 aliphatic rings. The van der Waals surface area contributed by atoms with Crippen LogP contribution in [0.1, 0.15) is 19.5 Å². The van der Waals surface area contributed by atoms with Crippen molar-refractivity contribution in [1.29, 1.82) is 0 Å². The Hall–Kier alpha value is -1.56. The van der Waals surface area contributed by atoms with Gasteiger partial charge in [0.05, 0.1) is 23.4 Å². The molecule has 0 bridgehead atoms. The van der Waals surface area contributed by atoms with Crippen molar-refractivity contribution in [3.63, 3.8) is 0 Å². The highest BCUT2D eigenvalue weighted by Crippen LogP contribution is 2.26. The molecule has 0 amide bonds. The van der Waals surface area contributed by atoms with Crippen molar-refractivity contribution in [2.45, 2.75) is 20.5 Å². The van der Waals surface area contributed by atoms with Crippen LogP contribution in [0.25, 0.3) is 5.69 Å². The van der Waals surface area contributed by atoms with Crippen LogP contribution < -0.4 is 4.74 Å². The molecule has 124 valence electrons. The molecule has 0 unspecified atom stereocenters. The van der Waals surface area contributed by atoms with E-state index in [9.17, 15) is 4.79 Å². The second-order valence-corrected chi connectivity index (χ2v) is 6.41. The van der Waals surface area contributed by atoms with Gasteiger partial charge in [-0.2, -0.15) is 5.10 Å². The first-order valence-electron chi connectivity index (χ1n) is 6.99. The Kier molecular flexibility index (Phi) is 5.68. The number of hydrogen-bond donors (Lipinski definition) is 0. The quantitative estimate of drug-likeness (QED) is 0.582. The minimum atomic E-state index is -0.799. The van der Waals surface area contributed by atoms with Gasteiger partial charge in [-0.3, -0.25) is 4.79 Å². The van der Waals surface area contributed by atoms with E-state index in [4.69, 9.17) is 32.7 Å². The Morgan fingerprint density at radius 2 is 2.09 bits per heavy atom. The van der Waals surface area contributed by atoms with Crippen molar-refractivity contribution in [1.82, 2.24) is 9.78 Å². The Bertz CT molecular complexity index is 698. The Morgan fingerprint density at radius 1 is 1.35 bits per heavy atom. The minimum Gasteiger partial charge on any atom is -0.407 e. The molecule has 2 aromatic rings. The number of hydrogen-bond acceptors (Lipinski definition) is 4. The fraction of sp³-hybridized carbons (Fsp3) is 0.375. The largest absolute Gasteiger partial charge is 0.407 e. The molecular weight excluding hydrogens is 339 g/mol. The van der Waals surface area contributed by atoms with E-state index in [-0.39, 0.29) is 5.88 Å². The summed E-state index contributed by atoms with van der Waals surface area (Å²) >= 11 is 11.9. The fourth-order valence-electron chi connectivity index (χ4n) is 1.78. The third kappa shape index (κ3) is 4.25. The Labute approximate surface area is 145 Å². The lowest BCUT2D eigenvalue weighted by atomic mass is 9.97. The molecule has 2 rings (SSSR count). The molecular formula is C16H18Cl2N2O3. The molecule has 5 nitrogen and oxygen atoms in total. The number of ether oxygens (including phenoxy) is 2. The smallest absolute Gasteiger partial charge is 0.319 e. The predicted octanol–water partition coefficient (Wildman–Crippen LogP) is 3.84. The standard InChI is InChI=1S/C16H18Cl2N2O3/c1-16(2,10-17)15(21)23-14-8-12(9-22-3)19-20(14)13-6-4-5-11(18)7-13/h4-8H,9-10H2,1-3H3. The van der Waals surface area contributed by atoms with Gasteiger partial charge in [0.15, 0.2) is 0 Å². The summed E-state index contributed by atoms with van der Waals surface area (Å²) in [6.45, 7) is 3.74. The molecule has 7 heteroatoms. The molecule has 23 heavy (non-hydrogen) atoms. The van der Waals surface area contributed by atoms with E-state index in [1.807, 2.05) is 6.07 Å². The number of aromatic nitrogens is 2. The highest BCUT2D eigenvalue weighted by Gasteiger charge is 2.30. The van der Waals surface area contributed by atoms with Crippen molar-refractivity contribution < 1.29 is 14.3 Å². The van der Waals surface area contributed by atoms with Gasteiger partial charge in [0, 0.05) is 24.1 Å². The third-order valence-corrected chi connectivity index (χ3v) is 4.06. The fourth-order valence-corrected chi connectivity index (χ4v) is 2.08. The molecule has 1 aromatic heterocycles. The van der Waals surface area contributed by atoms with E-state index in [0.29, 0.717) is 28.9 Å². The molecule has 0 atom stereocenters. The first-order valence-corrected chi connectivity index (χ1v) is 7.90. The van der Waals surface area contributed by atoms with E-state index in [1.165, 1.54) is 4.68 Å². The number of rotatable bonds is 6. The molecule has 0 aliphatic heterocycles. The second-order valence-electron chi connectivity index (χ2n) is 5.71. The van der Waals surface area contributed by atoms with Crippen molar-refractivity contribution in [3.8, 4) is 11.6 Å². The molecule has 0 spiro atoms. The van der Waals surface area contributed by atoms with Gasteiger partial charge in [-0.05, 0) is 32.0 Å². The molecule has 0 N–H and O–H groups in total. The Balaban J connectivity index is 2.40. The zero-order valence-electron chi connectivity index (χ0n) is 13.2. The number of alkyl halides is 1. The van der Waals surface area contributed by atoms with E-state index in [2.05, 4.69) is 5.10 Å². The molecule has 0 radical (unpaired) electrons. The van der Waals surface area contributed by atoms with Crippen LogP contribution in [0.3, 0.4) is 0 Å². The normalized spacial score (nSPS) is 11.5. The van der Waals surface area contributed by atoms with Crippen LogP contribution in [0, 0.1) is 5.41 Å². The molecule has 1 aromatic carbocycles. The van der Waals surface area contributed by atoms with E-state index < -0.39 is 11.4 Å². The molecule has 0 saturated heterocycles. The SMILES string of the molecule is COCc1cc(OC(=O)C(C)(C)CCl)n(-c2cccc(Cl)c2)n1. The lowest BCUT2D eigenvalue weighted by molar-refractivity contribution is -0.143. The van der Waals surface area contributed by atoms with Gasteiger partial charge < -0.3 is 9.47 Å². The molecule has 0 aliphatic carbocycles. The van der Waals surface area contributed by atoms with Crippen LogP contribution in [0.15, 0.2) is 30.3 Å². The Morgan fingerprint density at radius 3 is 2.70 bits per heavy atom. The number of methoxy groups -OCH3 is 1. The highest BCUT2D eigenvalue weighted by molar-refractivity contribution is 6.30. The van der Waals surface area contributed by atoms with Gasteiger partial charge in [0.1, 0.15) is 0 Å². The van der Waals surface area contributed by atoms with Crippen molar-refractivity contribution in [3.05, 3.63) is 41.0 Å². The zero-order valence-corrected chi connectivity index (χ0v) is 14.7. The van der Waals surface area contributed by atoms with Crippen LogP contribution in [0.5, 0.6) is 5.88 Å². The number of nitrogens with zero attached hydrogens (tertiary/aromatic N) is 2. The summed E-state index contributed by atoms with van der Waals surface area (Å²) in [5, 5.41) is 4.95. The first-order chi connectivity index (χ1) is 10.9. The van der Waals surface area contributed by atoms with Crippen LogP contribution in [-0.4, -0.2) is 28.7 Å². The zero-order chi connectivity index (χ0) is 17.0. The average Bonchev–Trinajstić information content (AvgIpc) is 2.90. The topological polar surface area (TPSA) is 53.4 Å². The molecule has 1 heterocycles. The van der Waals surface area contributed by atoms with Gasteiger partial charge in [-0.1, -0.05) is 17.7 Å². The highest BCUT2D eigenvalue weighted by atomic mass is 35.5. The van der Waals surface area contributed by atoms with E-state index in [0.717, 1.165) is 0 Å². The second kappa shape index (κ2) is 7.34.